The molecule has 2 N–H and O–H groups in total. The van der Waals surface area contributed by atoms with Crippen LogP contribution < -0.4 is 5.73 Å². The molecule has 2 rings (SSSR count). The van der Waals surface area contributed by atoms with Crippen molar-refractivity contribution < 1.29 is 0 Å². The molecule has 0 saturated heterocycles. The summed E-state index contributed by atoms with van der Waals surface area (Å²) >= 11 is 5.25. The van der Waals surface area contributed by atoms with Gasteiger partial charge in [-0.05, 0) is 39.7 Å². The zero-order valence-electron chi connectivity index (χ0n) is 6.59. The summed E-state index contributed by atoms with van der Waals surface area (Å²) in [5.74, 6) is 0. The van der Waals surface area contributed by atoms with Crippen LogP contribution in [0, 0.1) is 0 Å². The van der Waals surface area contributed by atoms with Crippen LogP contribution in [-0.2, 0) is 0 Å². The van der Waals surface area contributed by atoms with E-state index in [0.717, 1.165) is 12.8 Å². The van der Waals surface area contributed by atoms with E-state index in [1.165, 1.54) is 15.6 Å². The zero-order chi connectivity index (χ0) is 8.55. The molecule has 12 heavy (non-hydrogen) atoms. The predicted octanol–water partition coefficient (Wildman–Crippen LogP) is 3.02. The maximum absolute atomic E-state index is 5.79. The molecular weight excluding hydrogens is 234 g/mol. The molecule has 0 aliphatic heterocycles. The quantitative estimate of drug-likeness (QED) is 0.807. The normalized spacial score (nSPS) is 22.8. The summed E-state index contributed by atoms with van der Waals surface area (Å²) in [6.45, 7) is 0. The number of nitrogens with two attached hydrogens (primary N) is 1. The lowest BCUT2D eigenvalue weighted by Gasteiger charge is -1.97. The monoisotopic (exact) mass is 243 g/mol. The Hall–Kier alpha value is -0.120. The Labute approximate surface area is 84.4 Å². The standard InChI is InChI=1S/C9H10BrNS/c10-9-5-12-4-8(9)6-1-2-7(11)3-6/h3-5,7H,1-2,11H2. The summed E-state index contributed by atoms with van der Waals surface area (Å²) in [4.78, 5) is 0. The highest BCUT2D eigenvalue weighted by atomic mass is 79.9. The van der Waals surface area contributed by atoms with Crippen molar-refractivity contribution >= 4 is 32.8 Å². The first-order valence-corrected chi connectivity index (χ1v) is 5.69. The van der Waals surface area contributed by atoms with Crippen LogP contribution in [0.25, 0.3) is 5.57 Å². The van der Waals surface area contributed by atoms with Gasteiger partial charge in [0.15, 0.2) is 0 Å². The van der Waals surface area contributed by atoms with Gasteiger partial charge in [0, 0.05) is 21.5 Å². The summed E-state index contributed by atoms with van der Waals surface area (Å²) in [6, 6.07) is 0.270. The molecule has 1 unspecified atom stereocenters. The van der Waals surface area contributed by atoms with Crippen molar-refractivity contribution in [2.75, 3.05) is 0 Å². The first kappa shape index (κ1) is 8.48. The molecule has 0 radical (unpaired) electrons. The molecule has 1 heterocycles. The van der Waals surface area contributed by atoms with E-state index in [1.807, 2.05) is 0 Å². The lowest BCUT2D eigenvalue weighted by molar-refractivity contribution is 0.782. The summed E-state index contributed by atoms with van der Waals surface area (Å²) in [7, 11) is 0. The molecule has 1 nitrogen and oxygen atoms in total. The van der Waals surface area contributed by atoms with Crippen LogP contribution in [0.5, 0.6) is 0 Å². The van der Waals surface area contributed by atoms with Crippen molar-refractivity contribution in [2.45, 2.75) is 18.9 Å². The van der Waals surface area contributed by atoms with Crippen LogP contribution in [0.4, 0.5) is 0 Å². The van der Waals surface area contributed by atoms with E-state index < -0.39 is 0 Å². The van der Waals surface area contributed by atoms with Crippen molar-refractivity contribution in [1.82, 2.24) is 0 Å². The minimum atomic E-state index is 0.270. The van der Waals surface area contributed by atoms with Gasteiger partial charge in [0.25, 0.3) is 0 Å². The minimum Gasteiger partial charge on any atom is -0.324 e. The Morgan fingerprint density at radius 3 is 2.83 bits per heavy atom. The van der Waals surface area contributed by atoms with E-state index in [4.69, 9.17) is 5.73 Å². The van der Waals surface area contributed by atoms with Gasteiger partial charge in [0.1, 0.15) is 0 Å². The third kappa shape index (κ3) is 1.49. The number of allylic oxidation sites excluding steroid dienone is 1. The van der Waals surface area contributed by atoms with Gasteiger partial charge >= 0.3 is 0 Å². The first-order chi connectivity index (χ1) is 5.77. The van der Waals surface area contributed by atoms with E-state index in [2.05, 4.69) is 32.8 Å². The molecule has 3 heteroatoms. The van der Waals surface area contributed by atoms with E-state index >= 15 is 0 Å². The van der Waals surface area contributed by atoms with Crippen molar-refractivity contribution in [3.63, 3.8) is 0 Å². The van der Waals surface area contributed by atoms with Crippen LogP contribution >= 0.6 is 27.3 Å². The predicted molar refractivity (Wildman–Crippen MR) is 57.2 cm³/mol. The summed E-state index contributed by atoms with van der Waals surface area (Å²) in [6.07, 6.45) is 4.39. The van der Waals surface area contributed by atoms with Gasteiger partial charge < -0.3 is 5.73 Å². The molecular formula is C9H10BrNS. The Balaban J connectivity index is 2.32. The molecule has 1 aromatic rings. The second-order valence-electron chi connectivity index (χ2n) is 3.03. The minimum absolute atomic E-state index is 0.270. The Kier molecular flexibility index (Phi) is 2.35. The van der Waals surface area contributed by atoms with Crippen molar-refractivity contribution in [1.29, 1.82) is 0 Å². The van der Waals surface area contributed by atoms with Crippen LogP contribution in [0.3, 0.4) is 0 Å². The molecule has 1 aliphatic carbocycles. The molecule has 0 bridgehead atoms. The molecule has 1 aromatic heterocycles. The Morgan fingerprint density at radius 2 is 2.33 bits per heavy atom. The fourth-order valence-corrected chi connectivity index (χ4v) is 3.06. The van der Waals surface area contributed by atoms with Gasteiger partial charge in [-0.25, -0.2) is 0 Å². The number of halogens is 1. The molecule has 0 aromatic carbocycles. The first-order valence-electron chi connectivity index (χ1n) is 3.95. The third-order valence-corrected chi connectivity index (χ3v) is 3.83. The van der Waals surface area contributed by atoms with Gasteiger partial charge in [-0.3, -0.25) is 0 Å². The summed E-state index contributed by atoms with van der Waals surface area (Å²) in [5.41, 5.74) is 8.52. The van der Waals surface area contributed by atoms with Gasteiger partial charge in [-0.15, -0.1) is 0 Å². The van der Waals surface area contributed by atoms with Gasteiger partial charge in [0.05, 0.1) is 0 Å². The van der Waals surface area contributed by atoms with Gasteiger partial charge in [0.2, 0.25) is 0 Å². The second-order valence-corrected chi connectivity index (χ2v) is 4.63. The largest absolute Gasteiger partial charge is 0.324 e. The molecule has 0 spiro atoms. The van der Waals surface area contributed by atoms with Crippen LogP contribution in [-0.4, -0.2) is 6.04 Å². The van der Waals surface area contributed by atoms with E-state index in [-0.39, 0.29) is 6.04 Å². The fourth-order valence-electron chi connectivity index (χ4n) is 1.48. The van der Waals surface area contributed by atoms with Crippen molar-refractivity contribution in [3.8, 4) is 0 Å². The van der Waals surface area contributed by atoms with E-state index in [9.17, 15) is 0 Å². The van der Waals surface area contributed by atoms with Gasteiger partial charge in [-0.2, -0.15) is 11.3 Å². The number of hydrogen-bond donors (Lipinski definition) is 1. The number of rotatable bonds is 1. The highest BCUT2D eigenvalue weighted by Gasteiger charge is 2.15. The third-order valence-electron chi connectivity index (χ3n) is 2.12. The lowest BCUT2D eigenvalue weighted by Crippen LogP contribution is -2.11. The number of hydrogen-bond acceptors (Lipinski definition) is 2. The van der Waals surface area contributed by atoms with Crippen LogP contribution in [0.1, 0.15) is 18.4 Å². The van der Waals surface area contributed by atoms with Crippen LogP contribution in [0.2, 0.25) is 0 Å². The summed E-state index contributed by atoms with van der Waals surface area (Å²) in [5, 5.41) is 4.29. The highest BCUT2D eigenvalue weighted by Crippen LogP contribution is 2.34. The lowest BCUT2D eigenvalue weighted by atomic mass is 10.1. The molecule has 1 aliphatic rings. The Bertz CT molecular complexity index is 316. The zero-order valence-corrected chi connectivity index (χ0v) is 8.99. The smallest absolute Gasteiger partial charge is 0.0357 e. The maximum Gasteiger partial charge on any atom is 0.0357 e. The van der Waals surface area contributed by atoms with Crippen molar-refractivity contribution in [3.05, 3.63) is 26.9 Å². The highest BCUT2D eigenvalue weighted by molar-refractivity contribution is 9.10. The molecule has 0 amide bonds. The SMILES string of the molecule is NC1C=C(c2cscc2Br)CC1. The average Bonchev–Trinajstić information content (AvgIpc) is 2.58. The fraction of sp³-hybridized carbons (Fsp3) is 0.333. The van der Waals surface area contributed by atoms with Gasteiger partial charge in [-0.1, -0.05) is 6.08 Å². The van der Waals surface area contributed by atoms with Crippen LogP contribution in [0.15, 0.2) is 21.3 Å². The maximum atomic E-state index is 5.79. The molecule has 1 atom stereocenters. The number of thiophene rings is 1. The molecule has 64 valence electrons. The summed E-state index contributed by atoms with van der Waals surface area (Å²) < 4.78 is 1.20. The molecule has 0 saturated carbocycles. The topological polar surface area (TPSA) is 26.0 Å². The average molecular weight is 244 g/mol. The van der Waals surface area contributed by atoms with E-state index in [1.54, 1.807) is 11.3 Å². The molecule has 0 fully saturated rings. The van der Waals surface area contributed by atoms with Crippen molar-refractivity contribution in [2.24, 2.45) is 5.73 Å². The van der Waals surface area contributed by atoms with E-state index in [0.29, 0.717) is 0 Å². The second kappa shape index (κ2) is 3.32. The Morgan fingerprint density at radius 1 is 1.50 bits per heavy atom.